The highest BCUT2D eigenvalue weighted by Gasteiger charge is 2.07. The molecule has 1 atom stereocenters. The monoisotopic (exact) mass is 291 g/mol. The number of rotatable bonds is 15. The number of methoxy groups -OCH3 is 2. The molecular formula is C14H29NO5. The molecule has 0 aromatic heterocycles. The Morgan fingerprint density at radius 2 is 1.85 bits per heavy atom. The van der Waals surface area contributed by atoms with E-state index >= 15 is 0 Å². The van der Waals surface area contributed by atoms with Gasteiger partial charge in [0.25, 0.3) is 0 Å². The first-order valence-electron chi connectivity index (χ1n) is 7.17. The van der Waals surface area contributed by atoms with Crippen LogP contribution in [0.25, 0.3) is 0 Å². The Morgan fingerprint density at radius 3 is 2.50 bits per heavy atom. The van der Waals surface area contributed by atoms with Crippen molar-refractivity contribution in [3.05, 3.63) is 0 Å². The number of ketones is 1. The van der Waals surface area contributed by atoms with Gasteiger partial charge in [-0.2, -0.15) is 0 Å². The van der Waals surface area contributed by atoms with Crippen molar-refractivity contribution < 1.29 is 23.8 Å². The summed E-state index contributed by atoms with van der Waals surface area (Å²) in [7, 11) is 3.30. The second kappa shape index (κ2) is 14.9. The molecule has 1 unspecified atom stereocenters. The number of unbranched alkanes of at least 4 members (excludes halogenated alkanes) is 2. The van der Waals surface area contributed by atoms with Gasteiger partial charge in [-0.05, 0) is 19.3 Å². The maximum absolute atomic E-state index is 11.6. The number of Topliss-reactive ketones (excluding diaryl/α,β-unsaturated/α-hetero) is 1. The van der Waals surface area contributed by atoms with Crippen LogP contribution in [0.15, 0.2) is 0 Å². The van der Waals surface area contributed by atoms with E-state index in [4.69, 9.17) is 20.1 Å². The second-order valence-electron chi connectivity index (χ2n) is 4.68. The van der Waals surface area contributed by atoms with Gasteiger partial charge in [0, 0.05) is 33.7 Å². The fraction of sp³-hybridized carbons (Fsp3) is 0.929. The molecule has 0 aliphatic carbocycles. The Hall–Kier alpha value is -0.530. The summed E-state index contributed by atoms with van der Waals surface area (Å²) in [6.45, 7) is 2.18. The minimum Gasteiger partial charge on any atom is -0.382 e. The van der Waals surface area contributed by atoms with Crippen LogP contribution in [0.1, 0.15) is 38.5 Å². The van der Waals surface area contributed by atoms with Gasteiger partial charge in [-0.1, -0.05) is 6.42 Å². The van der Waals surface area contributed by atoms with E-state index in [1.807, 2.05) is 0 Å². The molecule has 0 aliphatic heterocycles. The maximum Gasteiger partial charge on any atom is 0.135 e. The molecule has 0 spiro atoms. The molecule has 20 heavy (non-hydrogen) atoms. The van der Waals surface area contributed by atoms with Crippen molar-refractivity contribution in [3.63, 3.8) is 0 Å². The van der Waals surface area contributed by atoms with E-state index in [-0.39, 0.29) is 11.9 Å². The van der Waals surface area contributed by atoms with E-state index in [1.54, 1.807) is 14.2 Å². The quantitative estimate of drug-likeness (QED) is 0.363. The molecule has 0 radical (unpaired) electrons. The van der Waals surface area contributed by atoms with Crippen molar-refractivity contribution >= 4 is 5.78 Å². The largest absolute Gasteiger partial charge is 0.382 e. The van der Waals surface area contributed by atoms with Gasteiger partial charge in [-0.25, -0.2) is 5.90 Å². The lowest BCUT2D eigenvalue weighted by molar-refractivity contribution is -0.120. The van der Waals surface area contributed by atoms with Gasteiger partial charge in [0.1, 0.15) is 5.78 Å². The molecule has 6 heteroatoms. The molecule has 0 amide bonds. The summed E-state index contributed by atoms with van der Waals surface area (Å²) >= 11 is 0. The van der Waals surface area contributed by atoms with Gasteiger partial charge in [0.05, 0.1) is 25.9 Å². The number of ether oxygens (including phenoxy) is 3. The van der Waals surface area contributed by atoms with Crippen LogP contribution in [-0.4, -0.2) is 52.5 Å². The summed E-state index contributed by atoms with van der Waals surface area (Å²) in [5.74, 6) is 5.16. The van der Waals surface area contributed by atoms with Crippen molar-refractivity contribution in [2.24, 2.45) is 5.90 Å². The van der Waals surface area contributed by atoms with Crippen molar-refractivity contribution in [1.29, 1.82) is 0 Å². The van der Waals surface area contributed by atoms with Gasteiger partial charge in [-0.15, -0.1) is 0 Å². The molecule has 0 aromatic carbocycles. The van der Waals surface area contributed by atoms with E-state index in [0.29, 0.717) is 39.3 Å². The maximum atomic E-state index is 11.6. The zero-order valence-electron chi connectivity index (χ0n) is 12.8. The lowest BCUT2D eigenvalue weighted by Gasteiger charge is -2.13. The van der Waals surface area contributed by atoms with Crippen molar-refractivity contribution in [1.82, 2.24) is 0 Å². The van der Waals surface area contributed by atoms with Crippen LogP contribution >= 0.6 is 0 Å². The fourth-order valence-electron chi connectivity index (χ4n) is 1.77. The predicted molar refractivity (Wildman–Crippen MR) is 76.3 cm³/mol. The van der Waals surface area contributed by atoms with E-state index in [0.717, 1.165) is 25.7 Å². The third kappa shape index (κ3) is 12.5. The Balaban J connectivity index is 3.34. The zero-order valence-corrected chi connectivity index (χ0v) is 12.8. The van der Waals surface area contributed by atoms with Gasteiger partial charge >= 0.3 is 0 Å². The Labute approximate surface area is 121 Å². The van der Waals surface area contributed by atoms with E-state index in [1.165, 1.54) is 0 Å². The number of hydrogen-bond donors (Lipinski definition) is 1. The fourth-order valence-corrected chi connectivity index (χ4v) is 1.77. The molecule has 120 valence electrons. The number of carbonyl (C=O) groups is 1. The molecule has 0 aromatic rings. The van der Waals surface area contributed by atoms with E-state index in [2.05, 4.69) is 4.84 Å². The molecule has 0 saturated carbocycles. The lowest BCUT2D eigenvalue weighted by atomic mass is 10.1. The summed E-state index contributed by atoms with van der Waals surface area (Å²) in [4.78, 5) is 16.0. The average molecular weight is 291 g/mol. The Kier molecular flexibility index (Phi) is 14.5. The van der Waals surface area contributed by atoms with Crippen LogP contribution in [0, 0.1) is 0 Å². The molecule has 2 N–H and O–H groups in total. The average Bonchev–Trinajstić information content (AvgIpc) is 2.45. The second-order valence-corrected chi connectivity index (χ2v) is 4.68. The van der Waals surface area contributed by atoms with Crippen molar-refractivity contribution in [3.8, 4) is 0 Å². The molecule has 0 saturated heterocycles. The topological polar surface area (TPSA) is 80.0 Å². The minimum absolute atomic E-state index is 0.0560. The Bertz CT molecular complexity index is 226. The lowest BCUT2D eigenvalue weighted by Crippen LogP contribution is -2.19. The first-order chi connectivity index (χ1) is 9.74. The van der Waals surface area contributed by atoms with Crippen LogP contribution in [0.2, 0.25) is 0 Å². The molecule has 0 fully saturated rings. The molecule has 6 nitrogen and oxygen atoms in total. The van der Waals surface area contributed by atoms with E-state index < -0.39 is 0 Å². The smallest absolute Gasteiger partial charge is 0.135 e. The number of nitrogens with two attached hydrogens (primary N) is 1. The molecule has 0 rings (SSSR count). The predicted octanol–water partition coefficient (Wildman–Crippen LogP) is 1.46. The summed E-state index contributed by atoms with van der Waals surface area (Å²) < 4.78 is 15.7. The van der Waals surface area contributed by atoms with Gasteiger partial charge in [0.15, 0.2) is 0 Å². The highest BCUT2D eigenvalue weighted by atomic mass is 16.6. The van der Waals surface area contributed by atoms with E-state index in [9.17, 15) is 4.79 Å². The standard InChI is InChI=1S/C14H29NO5/c1-17-12-14(18-2)8-11-19-10-7-13(16)6-4-3-5-9-20-15/h14H,3-12,15H2,1-2H3. The normalized spacial score (nSPS) is 12.6. The summed E-state index contributed by atoms with van der Waals surface area (Å²) in [6, 6.07) is 0. The summed E-state index contributed by atoms with van der Waals surface area (Å²) in [6.07, 6.45) is 4.68. The third-order valence-corrected chi connectivity index (χ3v) is 3.01. The summed E-state index contributed by atoms with van der Waals surface area (Å²) in [5.41, 5.74) is 0. The van der Waals surface area contributed by atoms with Gasteiger partial charge in [0.2, 0.25) is 0 Å². The Morgan fingerprint density at radius 1 is 1.05 bits per heavy atom. The number of hydrogen-bond acceptors (Lipinski definition) is 6. The SMILES string of the molecule is COCC(CCOCCC(=O)CCCCCON)OC. The third-order valence-electron chi connectivity index (χ3n) is 3.01. The van der Waals surface area contributed by atoms with Gasteiger partial charge < -0.3 is 19.0 Å². The highest BCUT2D eigenvalue weighted by Crippen LogP contribution is 2.03. The minimum atomic E-state index is 0.0560. The molecular weight excluding hydrogens is 262 g/mol. The van der Waals surface area contributed by atoms with Crippen LogP contribution in [0.5, 0.6) is 0 Å². The highest BCUT2D eigenvalue weighted by molar-refractivity contribution is 5.78. The first-order valence-corrected chi connectivity index (χ1v) is 7.17. The van der Waals surface area contributed by atoms with Gasteiger partial charge in [-0.3, -0.25) is 4.79 Å². The van der Waals surface area contributed by atoms with Crippen LogP contribution in [0.3, 0.4) is 0 Å². The van der Waals surface area contributed by atoms with Crippen LogP contribution < -0.4 is 5.90 Å². The zero-order chi connectivity index (χ0) is 15.1. The molecule has 0 aliphatic rings. The van der Waals surface area contributed by atoms with Crippen molar-refractivity contribution in [2.75, 3.05) is 40.6 Å². The molecule has 0 heterocycles. The van der Waals surface area contributed by atoms with Crippen LogP contribution in [-0.2, 0) is 23.8 Å². The number of carbonyl (C=O) groups excluding carboxylic acids is 1. The van der Waals surface area contributed by atoms with Crippen molar-refractivity contribution in [2.45, 2.75) is 44.6 Å². The van der Waals surface area contributed by atoms with Crippen LogP contribution in [0.4, 0.5) is 0 Å². The summed E-state index contributed by atoms with van der Waals surface area (Å²) in [5, 5.41) is 0. The molecule has 0 bridgehead atoms. The first kappa shape index (κ1) is 19.5.